The third kappa shape index (κ3) is 2.87. The topological polar surface area (TPSA) is 45.8 Å². The second kappa shape index (κ2) is 5.43. The molecule has 2 aromatic rings. The van der Waals surface area contributed by atoms with Crippen LogP contribution in [-0.2, 0) is 17.3 Å². The van der Waals surface area contributed by atoms with Crippen molar-refractivity contribution in [2.45, 2.75) is 29.1 Å². The highest BCUT2D eigenvalue weighted by molar-refractivity contribution is 7.98. The van der Waals surface area contributed by atoms with Crippen molar-refractivity contribution in [2.24, 2.45) is 0 Å². The monoisotopic (exact) mass is 290 g/mol. The molecule has 0 saturated carbocycles. The zero-order valence-electron chi connectivity index (χ0n) is 10.6. The highest BCUT2D eigenvalue weighted by Crippen LogP contribution is 2.26. The minimum absolute atomic E-state index is 0.0366. The summed E-state index contributed by atoms with van der Waals surface area (Å²) in [7, 11) is 0. The number of rotatable bonds is 3. The number of benzene rings is 1. The summed E-state index contributed by atoms with van der Waals surface area (Å²) in [5, 5.41) is 0. The Hall–Kier alpha value is -1.20. The second-order valence-corrected chi connectivity index (χ2v) is 6.57. The Morgan fingerprint density at radius 2 is 2.11 bits per heavy atom. The first-order valence-electron chi connectivity index (χ1n) is 6.10. The lowest BCUT2D eigenvalue weighted by Crippen LogP contribution is -2.16. The summed E-state index contributed by atoms with van der Waals surface area (Å²) < 4.78 is 0. The van der Waals surface area contributed by atoms with Crippen molar-refractivity contribution in [3.8, 4) is 0 Å². The Bertz CT molecular complexity index is 649. The largest absolute Gasteiger partial charge is 0.310 e. The fourth-order valence-corrected chi connectivity index (χ4v) is 3.77. The van der Waals surface area contributed by atoms with Crippen LogP contribution in [0.2, 0.25) is 0 Å². The Kier molecular flexibility index (Phi) is 3.66. The van der Waals surface area contributed by atoms with E-state index < -0.39 is 0 Å². The molecule has 0 unspecified atom stereocenters. The molecule has 0 radical (unpaired) electrons. The molecule has 0 amide bonds. The molecule has 1 aromatic heterocycles. The molecule has 2 heterocycles. The normalized spacial score (nSPS) is 13.5. The fraction of sp³-hybridized carbons (Fsp3) is 0.286. The predicted octanol–water partition coefficient (Wildman–Crippen LogP) is 3.12. The molecular weight excluding hydrogens is 276 g/mol. The molecule has 0 bridgehead atoms. The molecule has 1 aliphatic heterocycles. The van der Waals surface area contributed by atoms with Crippen molar-refractivity contribution in [3.05, 3.63) is 57.3 Å². The van der Waals surface area contributed by atoms with E-state index in [1.165, 1.54) is 10.5 Å². The van der Waals surface area contributed by atoms with E-state index in [4.69, 9.17) is 0 Å². The van der Waals surface area contributed by atoms with Crippen molar-refractivity contribution in [2.75, 3.05) is 0 Å². The highest BCUT2D eigenvalue weighted by atomic mass is 32.2. The van der Waals surface area contributed by atoms with Gasteiger partial charge in [0.25, 0.3) is 5.56 Å². The average molecular weight is 290 g/mol. The van der Waals surface area contributed by atoms with Gasteiger partial charge in [0, 0.05) is 22.0 Å². The van der Waals surface area contributed by atoms with Crippen molar-refractivity contribution in [1.29, 1.82) is 0 Å². The van der Waals surface area contributed by atoms with E-state index in [-0.39, 0.29) is 5.56 Å². The Morgan fingerprint density at radius 1 is 1.32 bits per heavy atom. The Labute approximate surface area is 120 Å². The molecule has 0 spiro atoms. The van der Waals surface area contributed by atoms with Crippen LogP contribution in [-0.4, -0.2) is 9.97 Å². The van der Waals surface area contributed by atoms with E-state index >= 15 is 0 Å². The van der Waals surface area contributed by atoms with Crippen LogP contribution in [0.25, 0.3) is 0 Å². The van der Waals surface area contributed by atoms with E-state index in [1.54, 1.807) is 23.5 Å². The highest BCUT2D eigenvalue weighted by Gasteiger charge is 2.17. The zero-order chi connectivity index (χ0) is 13.2. The molecule has 0 aliphatic carbocycles. The molecule has 0 atom stereocenters. The summed E-state index contributed by atoms with van der Waals surface area (Å²) in [5.74, 6) is 3.14. The first kappa shape index (κ1) is 12.8. The molecule has 1 aromatic carbocycles. The Balaban J connectivity index is 1.75. The first-order chi connectivity index (χ1) is 9.22. The second-order valence-electron chi connectivity index (χ2n) is 4.53. The SMILES string of the molecule is Cc1ccc(SCc2nc3c(c(=O)[nH]2)CSC3)cc1. The van der Waals surface area contributed by atoms with Crippen LogP contribution in [0.5, 0.6) is 0 Å². The number of hydrogen-bond acceptors (Lipinski definition) is 4. The summed E-state index contributed by atoms with van der Waals surface area (Å²) in [6, 6.07) is 8.39. The van der Waals surface area contributed by atoms with Gasteiger partial charge in [-0.25, -0.2) is 4.98 Å². The van der Waals surface area contributed by atoms with Gasteiger partial charge < -0.3 is 4.98 Å². The van der Waals surface area contributed by atoms with Crippen LogP contribution in [0, 0.1) is 6.92 Å². The number of aryl methyl sites for hydroxylation is 1. The van der Waals surface area contributed by atoms with Crippen LogP contribution in [0.1, 0.15) is 22.6 Å². The van der Waals surface area contributed by atoms with E-state index in [0.29, 0.717) is 5.75 Å². The van der Waals surface area contributed by atoms with Gasteiger partial charge in [-0.2, -0.15) is 11.8 Å². The molecule has 98 valence electrons. The molecule has 5 heteroatoms. The lowest BCUT2D eigenvalue weighted by molar-refractivity contribution is 0.943. The first-order valence-corrected chi connectivity index (χ1v) is 8.24. The third-order valence-corrected chi connectivity index (χ3v) is 5.03. The summed E-state index contributed by atoms with van der Waals surface area (Å²) in [5.41, 5.74) is 3.11. The lowest BCUT2D eigenvalue weighted by Gasteiger charge is -2.04. The van der Waals surface area contributed by atoms with E-state index in [0.717, 1.165) is 28.6 Å². The number of nitrogens with zero attached hydrogens (tertiary/aromatic N) is 1. The standard InChI is InChI=1S/C14H14N2OS2/c1-9-2-4-10(5-3-9)19-8-13-15-12-7-18-6-11(12)14(17)16-13/h2-5H,6-8H2,1H3,(H,15,16,17). The van der Waals surface area contributed by atoms with Crippen LogP contribution < -0.4 is 5.56 Å². The average Bonchev–Trinajstić information content (AvgIpc) is 2.87. The van der Waals surface area contributed by atoms with Crippen LogP contribution in [0.4, 0.5) is 0 Å². The zero-order valence-corrected chi connectivity index (χ0v) is 12.2. The molecule has 0 fully saturated rings. The van der Waals surface area contributed by atoms with Crippen molar-refractivity contribution in [1.82, 2.24) is 9.97 Å². The van der Waals surface area contributed by atoms with Gasteiger partial charge >= 0.3 is 0 Å². The number of H-pyrrole nitrogens is 1. The maximum absolute atomic E-state index is 11.9. The maximum atomic E-state index is 11.9. The summed E-state index contributed by atoms with van der Waals surface area (Å²) in [6.07, 6.45) is 0. The molecule has 19 heavy (non-hydrogen) atoms. The van der Waals surface area contributed by atoms with Crippen molar-refractivity contribution >= 4 is 23.5 Å². The van der Waals surface area contributed by atoms with Gasteiger partial charge in [0.05, 0.1) is 11.4 Å². The van der Waals surface area contributed by atoms with Crippen LogP contribution in [0.3, 0.4) is 0 Å². The minimum atomic E-state index is 0.0366. The van der Waals surface area contributed by atoms with E-state index in [9.17, 15) is 4.79 Å². The molecule has 3 rings (SSSR count). The molecular formula is C14H14N2OS2. The number of aromatic amines is 1. The van der Waals surface area contributed by atoms with Gasteiger partial charge in [-0.15, -0.1) is 11.8 Å². The smallest absolute Gasteiger partial charge is 0.255 e. The van der Waals surface area contributed by atoms with E-state index in [2.05, 4.69) is 41.2 Å². The molecule has 0 saturated heterocycles. The van der Waals surface area contributed by atoms with E-state index in [1.807, 2.05) is 0 Å². The van der Waals surface area contributed by atoms with Gasteiger partial charge in [0.15, 0.2) is 0 Å². The van der Waals surface area contributed by atoms with Gasteiger partial charge in [-0.1, -0.05) is 17.7 Å². The number of hydrogen-bond donors (Lipinski definition) is 1. The molecule has 1 aliphatic rings. The van der Waals surface area contributed by atoms with Gasteiger partial charge in [-0.05, 0) is 19.1 Å². The predicted molar refractivity (Wildman–Crippen MR) is 80.6 cm³/mol. The Morgan fingerprint density at radius 3 is 2.89 bits per heavy atom. The summed E-state index contributed by atoms with van der Waals surface area (Å²) in [4.78, 5) is 20.5. The lowest BCUT2D eigenvalue weighted by atomic mass is 10.2. The number of fused-ring (bicyclic) bond motifs is 1. The maximum Gasteiger partial charge on any atom is 0.255 e. The fourth-order valence-electron chi connectivity index (χ4n) is 1.97. The van der Waals surface area contributed by atoms with Crippen LogP contribution >= 0.6 is 23.5 Å². The number of aromatic nitrogens is 2. The summed E-state index contributed by atoms with van der Waals surface area (Å²) in [6.45, 7) is 2.08. The van der Waals surface area contributed by atoms with Crippen LogP contribution in [0.15, 0.2) is 34.0 Å². The molecule has 3 nitrogen and oxygen atoms in total. The van der Waals surface area contributed by atoms with Crippen molar-refractivity contribution in [3.63, 3.8) is 0 Å². The minimum Gasteiger partial charge on any atom is -0.310 e. The quantitative estimate of drug-likeness (QED) is 0.882. The summed E-state index contributed by atoms with van der Waals surface area (Å²) >= 11 is 3.45. The molecule has 1 N–H and O–H groups in total. The van der Waals surface area contributed by atoms with Crippen molar-refractivity contribution < 1.29 is 0 Å². The number of nitrogens with one attached hydrogen (secondary N) is 1. The number of thioether (sulfide) groups is 2. The van der Waals surface area contributed by atoms with Gasteiger partial charge in [-0.3, -0.25) is 4.79 Å². The van der Waals surface area contributed by atoms with Gasteiger partial charge in [0.1, 0.15) is 5.82 Å². The van der Waals surface area contributed by atoms with Gasteiger partial charge in [0.2, 0.25) is 0 Å². The third-order valence-electron chi connectivity index (χ3n) is 3.03.